The van der Waals surface area contributed by atoms with Crippen LogP contribution in [0, 0.1) is 5.41 Å². The van der Waals surface area contributed by atoms with Gasteiger partial charge in [0.1, 0.15) is 0 Å². The molecule has 0 unspecified atom stereocenters. The molecule has 0 aromatic heterocycles. The van der Waals surface area contributed by atoms with Crippen LogP contribution in [0.5, 0.6) is 0 Å². The van der Waals surface area contributed by atoms with Gasteiger partial charge in [-0.25, -0.2) is 0 Å². The van der Waals surface area contributed by atoms with Crippen LogP contribution in [0.25, 0.3) is 0 Å². The van der Waals surface area contributed by atoms with Crippen molar-refractivity contribution >= 4 is 27.7 Å². The van der Waals surface area contributed by atoms with Gasteiger partial charge < -0.3 is 4.74 Å². The predicted molar refractivity (Wildman–Crippen MR) is 92.1 cm³/mol. The Morgan fingerprint density at radius 1 is 1.15 bits per heavy atom. The number of hydrogen-bond acceptors (Lipinski definition) is 2. The van der Waals surface area contributed by atoms with E-state index >= 15 is 0 Å². The van der Waals surface area contributed by atoms with Crippen LogP contribution in [0.15, 0.2) is 29.2 Å². The maximum absolute atomic E-state index is 5.50. The Hall–Kier alpha value is 0.01000. The lowest BCUT2D eigenvalue weighted by atomic mass is 9.85. The number of halogens is 1. The van der Waals surface area contributed by atoms with Crippen molar-refractivity contribution in [2.75, 3.05) is 24.3 Å². The Balaban J connectivity index is 1.96. The Labute approximate surface area is 136 Å². The van der Waals surface area contributed by atoms with Crippen molar-refractivity contribution in [1.29, 1.82) is 0 Å². The number of rotatable bonds is 4. The van der Waals surface area contributed by atoms with E-state index in [1.54, 1.807) is 0 Å². The van der Waals surface area contributed by atoms with E-state index in [2.05, 4.69) is 61.0 Å². The second kappa shape index (κ2) is 6.85. The highest BCUT2D eigenvalue weighted by atomic mass is 79.9. The van der Waals surface area contributed by atoms with Crippen molar-refractivity contribution < 1.29 is 4.74 Å². The van der Waals surface area contributed by atoms with E-state index in [-0.39, 0.29) is 5.41 Å². The van der Waals surface area contributed by atoms with Crippen LogP contribution in [0.2, 0.25) is 0 Å². The van der Waals surface area contributed by atoms with Crippen LogP contribution in [0.3, 0.4) is 0 Å². The highest BCUT2D eigenvalue weighted by Crippen LogP contribution is 2.38. The molecule has 0 bridgehead atoms. The molecule has 1 nitrogen and oxygen atoms in total. The molecule has 1 aliphatic rings. The van der Waals surface area contributed by atoms with Crippen molar-refractivity contribution in [3.63, 3.8) is 0 Å². The van der Waals surface area contributed by atoms with E-state index in [9.17, 15) is 0 Å². The third kappa shape index (κ3) is 4.25. The van der Waals surface area contributed by atoms with Crippen molar-refractivity contribution in [1.82, 2.24) is 0 Å². The molecule has 1 aromatic rings. The van der Waals surface area contributed by atoms with E-state index in [4.69, 9.17) is 4.74 Å². The van der Waals surface area contributed by atoms with Crippen LogP contribution in [0.4, 0.5) is 0 Å². The predicted octanol–water partition coefficient (Wildman–Crippen LogP) is 5.27. The fourth-order valence-electron chi connectivity index (χ4n) is 2.41. The Kier molecular flexibility index (Phi) is 5.61. The van der Waals surface area contributed by atoms with Gasteiger partial charge in [-0.05, 0) is 41.4 Å². The molecule has 1 aliphatic heterocycles. The first-order chi connectivity index (χ1) is 9.45. The van der Waals surface area contributed by atoms with E-state index in [1.165, 1.54) is 29.1 Å². The highest BCUT2D eigenvalue weighted by Gasteiger charge is 2.31. The lowest BCUT2D eigenvalue weighted by Gasteiger charge is -2.35. The first-order valence-electron chi connectivity index (χ1n) is 7.32. The minimum Gasteiger partial charge on any atom is -0.381 e. The zero-order valence-corrected chi connectivity index (χ0v) is 15.1. The quantitative estimate of drug-likeness (QED) is 0.536. The molecular formula is C17H25BrOS. The zero-order chi connectivity index (χ0) is 14.6. The lowest BCUT2D eigenvalue weighted by Crippen LogP contribution is -2.33. The highest BCUT2D eigenvalue weighted by molar-refractivity contribution is 9.09. The normalized spacial score (nSPS) is 19.0. The molecule has 1 heterocycles. The molecule has 0 amide bonds. The zero-order valence-electron chi connectivity index (χ0n) is 12.7. The number of alkyl halides is 1. The maximum atomic E-state index is 5.50. The third-order valence-electron chi connectivity index (χ3n) is 4.10. The molecule has 0 aliphatic carbocycles. The molecular weight excluding hydrogens is 332 g/mol. The van der Waals surface area contributed by atoms with Gasteiger partial charge in [-0.3, -0.25) is 0 Å². The molecule has 0 spiro atoms. The van der Waals surface area contributed by atoms with E-state index < -0.39 is 0 Å². The molecule has 112 valence electrons. The second-order valence-electron chi connectivity index (χ2n) is 6.81. The summed E-state index contributed by atoms with van der Waals surface area (Å²) in [5.74, 6) is 1.18. The van der Waals surface area contributed by atoms with Gasteiger partial charge in [0.15, 0.2) is 0 Å². The van der Waals surface area contributed by atoms with Gasteiger partial charge >= 0.3 is 0 Å². The average Bonchev–Trinajstić information content (AvgIpc) is 2.46. The molecule has 0 N–H and O–H groups in total. The molecule has 1 aromatic carbocycles. The van der Waals surface area contributed by atoms with Crippen LogP contribution < -0.4 is 0 Å². The van der Waals surface area contributed by atoms with Crippen molar-refractivity contribution in [3.8, 4) is 0 Å². The van der Waals surface area contributed by atoms with Gasteiger partial charge in [0.25, 0.3) is 0 Å². The van der Waals surface area contributed by atoms with Gasteiger partial charge in [0.05, 0.1) is 0 Å². The summed E-state index contributed by atoms with van der Waals surface area (Å²) in [6, 6.07) is 9.08. The molecule has 2 rings (SSSR count). The van der Waals surface area contributed by atoms with Gasteiger partial charge in [-0.15, -0.1) is 11.8 Å². The number of thioether (sulfide) groups is 1. The molecule has 20 heavy (non-hydrogen) atoms. The first kappa shape index (κ1) is 16.4. The van der Waals surface area contributed by atoms with Crippen molar-refractivity contribution in [2.45, 2.75) is 43.9 Å². The van der Waals surface area contributed by atoms with Crippen molar-refractivity contribution in [3.05, 3.63) is 29.8 Å². The topological polar surface area (TPSA) is 9.23 Å². The summed E-state index contributed by atoms with van der Waals surface area (Å²) in [4.78, 5) is 1.38. The molecule has 1 saturated heterocycles. The summed E-state index contributed by atoms with van der Waals surface area (Å²) in [6.07, 6.45) is 2.34. The molecule has 0 radical (unpaired) electrons. The Morgan fingerprint density at radius 3 is 2.25 bits per heavy atom. The van der Waals surface area contributed by atoms with Crippen molar-refractivity contribution in [2.24, 2.45) is 5.41 Å². The fraction of sp³-hybridized carbons (Fsp3) is 0.647. The summed E-state index contributed by atoms with van der Waals surface area (Å²) in [7, 11) is 0. The largest absolute Gasteiger partial charge is 0.381 e. The van der Waals surface area contributed by atoms with E-state index in [0.717, 1.165) is 18.5 Å². The standard InChI is InChI=1S/C17H25BrOS/c1-16(2,3)14-4-6-15(7-5-14)20-13-17(12-18)8-10-19-11-9-17/h4-7H,8-13H2,1-3H3. The second-order valence-corrected chi connectivity index (χ2v) is 8.42. The van der Waals surface area contributed by atoms with Crippen LogP contribution in [-0.2, 0) is 10.2 Å². The molecule has 0 saturated carbocycles. The number of benzene rings is 1. The maximum Gasteiger partial charge on any atom is 0.0471 e. The van der Waals surface area contributed by atoms with Gasteiger partial charge in [0.2, 0.25) is 0 Å². The summed E-state index contributed by atoms with van der Waals surface area (Å²) >= 11 is 5.69. The SMILES string of the molecule is CC(C)(C)c1ccc(SCC2(CBr)CCOCC2)cc1. The summed E-state index contributed by atoms with van der Waals surface area (Å²) in [6.45, 7) is 8.61. The first-order valence-corrected chi connectivity index (χ1v) is 9.43. The minimum absolute atomic E-state index is 0.237. The third-order valence-corrected chi connectivity index (χ3v) is 6.65. The number of hydrogen-bond donors (Lipinski definition) is 0. The van der Waals surface area contributed by atoms with Crippen LogP contribution in [-0.4, -0.2) is 24.3 Å². The Bertz CT molecular complexity index is 416. The van der Waals surface area contributed by atoms with Gasteiger partial charge in [-0.1, -0.05) is 48.8 Å². The lowest BCUT2D eigenvalue weighted by molar-refractivity contribution is 0.0374. The van der Waals surface area contributed by atoms with E-state index in [1.807, 2.05) is 11.8 Å². The summed E-state index contributed by atoms with van der Waals surface area (Å²) < 4.78 is 5.50. The average molecular weight is 357 g/mol. The van der Waals surface area contributed by atoms with Gasteiger partial charge in [0, 0.05) is 29.2 Å². The van der Waals surface area contributed by atoms with Crippen LogP contribution >= 0.6 is 27.7 Å². The summed E-state index contributed by atoms with van der Waals surface area (Å²) in [5.41, 5.74) is 2.05. The monoisotopic (exact) mass is 356 g/mol. The minimum atomic E-state index is 0.237. The van der Waals surface area contributed by atoms with Gasteiger partial charge in [-0.2, -0.15) is 0 Å². The smallest absolute Gasteiger partial charge is 0.0471 e. The molecule has 3 heteroatoms. The van der Waals surface area contributed by atoms with Crippen LogP contribution in [0.1, 0.15) is 39.2 Å². The number of ether oxygens (including phenoxy) is 1. The summed E-state index contributed by atoms with van der Waals surface area (Å²) in [5, 5.41) is 1.08. The fourth-order valence-corrected chi connectivity index (χ4v) is 4.62. The Morgan fingerprint density at radius 2 is 1.75 bits per heavy atom. The molecule has 0 atom stereocenters. The molecule has 1 fully saturated rings. The van der Waals surface area contributed by atoms with E-state index in [0.29, 0.717) is 5.41 Å².